The van der Waals surface area contributed by atoms with Crippen LogP contribution in [0.3, 0.4) is 0 Å². The fourth-order valence-corrected chi connectivity index (χ4v) is 4.33. The summed E-state index contributed by atoms with van der Waals surface area (Å²) in [5, 5.41) is 17.3. The average Bonchev–Trinajstić information content (AvgIpc) is 3.15. The molecule has 5 heteroatoms. The number of para-hydroxylation sites is 1. The molecule has 0 amide bonds. The number of nitrogens with zero attached hydrogens (tertiary/aromatic N) is 2. The number of fused-ring (bicyclic) bond motifs is 4. The predicted octanol–water partition coefficient (Wildman–Crippen LogP) is 4.56. The molecule has 0 saturated heterocycles. The molecule has 2 atom stereocenters. The minimum absolute atomic E-state index is 0.106. The van der Waals surface area contributed by atoms with E-state index >= 15 is 0 Å². The van der Waals surface area contributed by atoms with Crippen molar-refractivity contribution in [3.8, 4) is 11.5 Å². The van der Waals surface area contributed by atoms with Crippen molar-refractivity contribution in [1.82, 2.24) is 5.01 Å². The normalized spacial score (nSPS) is 26.0. The van der Waals surface area contributed by atoms with Crippen LogP contribution in [0.2, 0.25) is 0 Å². The van der Waals surface area contributed by atoms with Gasteiger partial charge in [-0.15, -0.1) is 0 Å². The van der Waals surface area contributed by atoms with Crippen molar-refractivity contribution in [3.63, 3.8) is 0 Å². The van der Waals surface area contributed by atoms with Crippen LogP contribution in [0.1, 0.15) is 42.9 Å². The highest BCUT2D eigenvalue weighted by Gasteiger charge is 2.50. The van der Waals surface area contributed by atoms with Crippen molar-refractivity contribution >= 4 is 5.71 Å². The zero-order chi connectivity index (χ0) is 18.4. The second-order valence-electron chi connectivity index (χ2n) is 7.31. The van der Waals surface area contributed by atoms with Crippen molar-refractivity contribution in [2.24, 2.45) is 5.10 Å². The first kappa shape index (κ1) is 16.2. The smallest absolute Gasteiger partial charge is 0.220 e. The standard InChI is InChI=1S/C22H22N2O3/c1-26-17-10-8-15(9-11-17)19-13-20-18-6-2-3-7-21(18)27-22(24(20)23-19)12-4-5-16(25)14-22/h2-3,6-11,14,20,25H,4-5,12-13H2,1H3. The van der Waals surface area contributed by atoms with Crippen molar-refractivity contribution in [2.75, 3.05) is 7.11 Å². The van der Waals surface area contributed by atoms with Crippen molar-refractivity contribution < 1.29 is 14.6 Å². The number of methoxy groups -OCH3 is 1. The lowest BCUT2D eigenvalue weighted by Gasteiger charge is -2.47. The summed E-state index contributed by atoms with van der Waals surface area (Å²) in [5.41, 5.74) is 2.55. The van der Waals surface area contributed by atoms with E-state index in [1.165, 1.54) is 0 Å². The van der Waals surface area contributed by atoms with Gasteiger partial charge in [0.1, 0.15) is 11.5 Å². The van der Waals surface area contributed by atoms with Crippen molar-refractivity contribution in [1.29, 1.82) is 0 Å². The van der Waals surface area contributed by atoms with E-state index in [4.69, 9.17) is 14.6 Å². The highest BCUT2D eigenvalue weighted by atomic mass is 16.5. The number of hydrogen-bond acceptors (Lipinski definition) is 5. The SMILES string of the molecule is COc1ccc(C2=NN3C(C2)c2ccccc2OC32C=C(O)CCC2)cc1. The Balaban J connectivity index is 1.60. The summed E-state index contributed by atoms with van der Waals surface area (Å²) in [4.78, 5) is 0. The Morgan fingerprint density at radius 2 is 2.00 bits per heavy atom. The second kappa shape index (κ2) is 6.05. The number of benzene rings is 2. The highest BCUT2D eigenvalue weighted by molar-refractivity contribution is 6.02. The topological polar surface area (TPSA) is 54.3 Å². The molecule has 1 aliphatic carbocycles. The van der Waals surface area contributed by atoms with E-state index in [-0.39, 0.29) is 6.04 Å². The van der Waals surface area contributed by atoms with Crippen LogP contribution in [0.5, 0.6) is 11.5 Å². The van der Waals surface area contributed by atoms with Gasteiger partial charge in [0.15, 0.2) is 0 Å². The van der Waals surface area contributed by atoms with Gasteiger partial charge in [-0.05, 0) is 42.3 Å². The van der Waals surface area contributed by atoms with Crippen LogP contribution in [0.25, 0.3) is 0 Å². The lowest BCUT2D eigenvalue weighted by Crippen LogP contribution is -2.53. The van der Waals surface area contributed by atoms with E-state index < -0.39 is 5.72 Å². The van der Waals surface area contributed by atoms with Gasteiger partial charge >= 0.3 is 0 Å². The molecule has 2 heterocycles. The van der Waals surface area contributed by atoms with Gasteiger partial charge in [0.05, 0.1) is 24.6 Å². The van der Waals surface area contributed by atoms with E-state index in [1.807, 2.05) is 48.5 Å². The Morgan fingerprint density at radius 3 is 2.78 bits per heavy atom. The monoisotopic (exact) mass is 362 g/mol. The fraction of sp³-hybridized carbons (Fsp3) is 0.318. The molecule has 27 heavy (non-hydrogen) atoms. The third-order valence-corrected chi connectivity index (χ3v) is 5.65. The van der Waals surface area contributed by atoms with E-state index in [9.17, 15) is 5.11 Å². The summed E-state index contributed by atoms with van der Waals surface area (Å²) in [7, 11) is 1.67. The maximum atomic E-state index is 10.2. The first-order chi connectivity index (χ1) is 13.2. The van der Waals surface area contributed by atoms with Gasteiger partial charge in [-0.1, -0.05) is 18.2 Å². The maximum Gasteiger partial charge on any atom is 0.220 e. The molecule has 5 rings (SSSR count). The molecule has 1 spiro atoms. The molecule has 3 aliphatic rings. The molecule has 5 nitrogen and oxygen atoms in total. The highest BCUT2D eigenvalue weighted by Crippen LogP contribution is 2.50. The van der Waals surface area contributed by atoms with Crippen LogP contribution in [0.15, 0.2) is 65.5 Å². The Bertz CT molecular complexity index is 935. The second-order valence-corrected chi connectivity index (χ2v) is 7.31. The molecule has 2 aliphatic heterocycles. The number of hydrogen-bond donors (Lipinski definition) is 1. The summed E-state index contributed by atoms with van der Waals surface area (Å²) in [5.74, 6) is 2.10. The molecule has 138 valence electrons. The van der Waals surface area contributed by atoms with E-state index in [1.54, 1.807) is 7.11 Å². The third-order valence-electron chi connectivity index (χ3n) is 5.65. The Labute approximate surface area is 158 Å². The molecule has 0 bridgehead atoms. The number of aliphatic hydroxyl groups excluding tert-OH is 1. The maximum absolute atomic E-state index is 10.2. The Kier molecular flexibility index (Phi) is 3.64. The number of hydrazone groups is 1. The first-order valence-electron chi connectivity index (χ1n) is 9.38. The largest absolute Gasteiger partial charge is 0.512 e. The van der Waals surface area contributed by atoms with Gasteiger partial charge in [-0.3, -0.25) is 0 Å². The zero-order valence-corrected chi connectivity index (χ0v) is 15.3. The van der Waals surface area contributed by atoms with E-state index in [0.29, 0.717) is 12.2 Å². The molecule has 0 fully saturated rings. The van der Waals surface area contributed by atoms with Crippen LogP contribution >= 0.6 is 0 Å². The van der Waals surface area contributed by atoms with Crippen LogP contribution in [-0.2, 0) is 0 Å². The summed E-state index contributed by atoms with van der Waals surface area (Å²) in [6, 6.07) is 16.3. The fourth-order valence-electron chi connectivity index (χ4n) is 4.33. The van der Waals surface area contributed by atoms with Crippen molar-refractivity contribution in [2.45, 2.75) is 37.5 Å². The molecule has 1 N–H and O–H groups in total. The first-order valence-corrected chi connectivity index (χ1v) is 9.38. The molecule has 2 unspecified atom stereocenters. The molecule has 2 aromatic rings. The predicted molar refractivity (Wildman–Crippen MR) is 103 cm³/mol. The Hall–Kier alpha value is -2.95. The van der Waals surface area contributed by atoms with Gasteiger partial charge < -0.3 is 14.6 Å². The molecular formula is C22H22N2O3. The summed E-state index contributed by atoms with van der Waals surface area (Å²) >= 11 is 0. The lowest BCUT2D eigenvalue weighted by atomic mass is 9.90. The van der Waals surface area contributed by atoms with Gasteiger partial charge in [0.25, 0.3) is 0 Å². The van der Waals surface area contributed by atoms with Crippen LogP contribution in [0.4, 0.5) is 0 Å². The van der Waals surface area contributed by atoms with Crippen molar-refractivity contribution in [3.05, 3.63) is 71.5 Å². The summed E-state index contributed by atoms with van der Waals surface area (Å²) in [6.07, 6.45) is 5.03. The molecule has 2 aromatic carbocycles. The van der Waals surface area contributed by atoms with Gasteiger partial charge in [-0.25, -0.2) is 5.01 Å². The zero-order valence-electron chi connectivity index (χ0n) is 15.3. The van der Waals surface area contributed by atoms with E-state index in [2.05, 4.69) is 11.1 Å². The molecule has 0 aromatic heterocycles. The van der Waals surface area contributed by atoms with Crippen LogP contribution in [-0.4, -0.2) is 28.7 Å². The number of ether oxygens (including phenoxy) is 2. The van der Waals surface area contributed by atoms with Crippen LogP contribution in [0, 0.1) is 0 Å². The minimum atomic E-state index is -0.713. The number of rotatable bonds is 2. The average molecular weight is 362 g/mol. The third kappa shape index (κ3) is 2.57. The number of allylic oxidation sites excluding steroid dienone is 1. The van der Waals surface area contributed by atoms with Crippen LogP contribution < -0.4 is 9.47 Å². The Morgan fingerprint density at radius 1 is 1.19 bits per heavy atom. The molecular weight excluding hydrogens is 340 g/mol. The van der Waals surface area contributed by atoms with E-state index in [0.717, 1.165) is 47.6 Å². The molecule has 0 radical (unpaired) electrons. The lowest BCUT2D eigenvalue weighted by molar-refractivity contribution is -0.0944. The van der Waals surface area contributed by atoms with Gasteiger partial charge in [0.2, 0.25) is 5.72 Å². The quantitative estimate of drug-likeness (QED) is 0.851. The van der Waals surface area contributed by atoms with Gasteiger partial charge in [0, 0.05) is 30.9 Å². The molecule has 0 saturated carbocycles. The summed E-state index contributed by atoms with van der Waals surface area (Å²) < 4.78 is 11.7. The summed E-state index contributed by atoms with van der Waals surface area (Å²) in [6.45, 7) is 0. The number of aliphatic hydroxyl groups is 1. The minimum Gasteiger partial charge on any atom is -0.512 e. The van der Waals surface area contributed by atoms with Gasteiger partial charge in [-0.2, -0.15) is 5.10 Å².